The van der Waals surface area contributed by atoms with Gasteiger partial charge in [0.25, 0.3) is 0 Å². The minimum atomic E-state index is -0.776. The summed E-state index contributed by atoms with van der Waals surface area (Å²) in [5, 5.41) is 24.7. The van der Waals surface area contributed by atoms with Gasteiger partial charge in [0.15, 0.2) is 5.75 Å². The lowest BCUT2D eigenvalue weighted by atomic mass is 10.1. The number of ether oxygens (including phenoxy) is 1. The first-order valence-electron chi connectivity index (χ1n) is 6.57. The third-order valence-electron chi connectivity index (χ3n) is 3.00. The van der Waals surface area contributed by atoms with E-state index in [4.69, 9.17) is 4.74 Å². The SMILES string of the molecule is CC(C)n1cc(Oc2ccc([C@H](C)O)cc2[N+](=O)[O-])cn1. The van der Waals surface area contributed by atoms with Gasteiger partial charge >= 0.3 is 5.69 Å². The van der Waals surface area contributed by atoms with Gasteiger partial charge in [0.05, 0.1) is 23.4 Å². The normalized spacial score (nSPS) is 12.4. The second-order valence-corrected chi connectivity index (χ2v) is 5.01. The Hall–Kier alpha value is -2.41. The zero-order valence-corrected chi connectivity index (χ0v) is 12.1. The van der Waals surface area contributed by atoms with E-state index in [1.165, 1.54) is 18.3 Å². The number of benzene rings is 1. The molecule has 0 saturated heterocycles. The smallest absolute Gasteiger partial charge is 0.311 e. The fourth-order valence-corrected chi connectivity index (χ4v) is 1.81. The summed E-state index contributed by atoms with van der Waals surface area (Å²) in [5.41, 5.74) is 0.276. The van der Waals surface area contributed by atoms with Crippen molar-refractivity contribution in [3.05, 3.63) is 46.3 Å². The maximum atomic E-state index is 11.1. The van der Waals surface area contributed by atoms with Crippen LogP contribution < -0.4 is 4.74 Å². The van der Waals surface area contributed by atoms with Crippen molar-refractivity contribution in [3.63, 3.8) is 0 Å². The molecule has 2 rings (SSSR count). The summed E-state index contributed by atoms with van der Waals surface area (Å²) in [7, 11) is 0. The molecule has 0 bridgehead atoms. The average Bonchev–Trinajstić information content (AvgIpc) is 2.87. The maximum Gasteiger partial charge on any atom is 0.311 e. The largest absolute Gasteiger partial charge is 0.447 e. The molecule has 0 amide bonds. The van der Waals surface area contributed by atoms with Crippen LogP contribution in [0.1, 0.15) is 38.5 Å². The molecular weight excluding hydrogens is 274 g/mol. The lowest BCUT2D eigenvalue weighted by Gasteiger charge is -2.08. The topological polar surface area (TPSA) is 90.4 Å². The number of nitro benzene ring substituents is 1. The van der Waals surface area contributed by atoms with E-state index in [0.29, 0.717) is 11.3 Å². The fraction of sp³-hybridized carbons (Fsp3) is 0.357. The third kappa shape index (κ3) is 3.38. The number of aliphatic hydroxyl groups is 1. The number of nitrogens with zero attached hydrogens (tertiary/aromatic N) is 3. The highest BCUT2D eigenvalue weighted by Crippen LogP contribution is 2.33. The average molecular weight is 291 g/mol. The highest BCUT2D eigenvalue weighted by molar-refractivity contribution is 5.50. The van der Waals surface area contributed by atoms with Crippen LogP contribution in [0.25, 0.3) is 0 Å². The molecule has 0 fully saturated rings. The molecule has 1 heterocycles. The lowest BCUT2D eigenvalue weighted by Crippen LogP contribution is -2.00. The van der Waals surface area contributed by atoms with Crippen LogP contribution in [0.2, 0.25) is 0 Å². The Morgan fingerprint density at radius 2 is 2.10 bits per heavy atom. The Labute approximate surface area is 121 Å². The molecule has 0 aliphatic carbocycles. The second kappa shape index (κ2) is 5.92. The Bertz CT molecular complexity index is 649. The number of hydrogen-bond acceptors (Lipinski definition) is 5. The predicted octanol–water partition coefficient (Wildman–Crippen LogP) is 3.22. The van der Waals surface area contributed by atoms with E-state index in [1.807, 2.05) is 13.8 Å². The first kappa shape index (κ1) is 15.0. The first-order valence-corrected chi connectivity index (χ1v) is 6.57. The van der Waals surface area contributed by atoms with E-state index in [1.54, 1.807) is 23.9 Å². The van der Waals surface area contributed by atoms with E-state index in [9.17, 15) is 15.2 Å². The van der Waals surface area contributed by atoms with E-state index in [-0.39, 0.29) is 17.5 Å². The van der Waals surface area contributed by atoms with Crippen molar-refractivity contribution in [2.45, 2.75) is 32.9 Å². The van der Waals surface area contributed by atoms with Crippen LogP contribution in [0, 0.1) is 10.1 Å². The van der Waals surface area contributed by atoms with Gasteiger partial charge < -0.3 is 9.84 Å². The van der Waals surface area contributed by atoms with Gasteiger partial charge in [-0.15, -0.1) is 0 Å². The van der Waals surface area contributed by atoms with Gasteiger partial charge in [-0.3, -0.25) is 14.8 Å². The molecule has 0 unspecified atom stereocenters. The van der Waals surface area contributed by atoms with E-state index >= 15 is 0 Å². The highest BCUT2D eigenvalue weighted by atomic mass is 16.6. The standard InChI is InChI=1S/C14H17N3O4/c1-9(2)16-8-12(7-15-16)21-14-5-4-11(10(3)18)6-13(14)17(19)20/h4-10,18H,1-3H3/t10-/m0/s1. The number of nitro groups is 1. The van der Waals surface area contributed by atoms with Crippen molar-refractivity contribution in [2.24, 2.45) is 0 Å². The molecule has 1 aromatic heterocycles. The van der Waals surface area contributed by atoms with Crippen LogP contribution in [0.15, 0.2) is 30.6 Å². The van der Waals surface area contributed by atoms with Crippen LogP contribution in [-0.2, 0) is 0 Å². The molecule has 1 aromatic carbocycles. The molecule has 0 aliphatic rings. The molecule has 21 heavy (non-hydrogen) atoms. The maximum absolute atomic E-state index is 11.1. The van der Waals surface area contributed by atoms with Gasteiger partial charge in [-0.2, -0.15) is 5.10 Å². The Morgan fingerprint density at radius 1 is 1.38 bits per heavy atom. The summed E-state index contributed by atoms with van der Waals surface area (Å²) < 4.78 is 7.23. The summed E-state index contributed by atoms with van der Waals surface area (Å²) in [5.74, 6) is 0.546. The van der Waals surface area contributed by atoms with Gasteiger partial charge in [-0.05, 0) is 32.4 Å². The van der Waals surface area contributed by atoms with Crippen molar-refractivity contribution in [1.82, 2.24) is 9.78 Å². The molecule has 0 aliphatic heterocycles. The van der Waals surface area contributed by atoms with Crippen molar-refractivity contribution in [2.75, 3.05) is 0 Å². The molecule has 0 radical (unpaired) electrons. The van der Waals surface area contributed by atoms with Crippen molar-refractivity contribution < 1.29 is 14.8 Å². The molecule has 112 valence electrons. The van der Waals surface area contributed by atoms with Gasteiger partial charge in [0, 0.05) is 12.1 Å². The molecule has 0 saturated carbocycles. The monoisotopic (exact) mass is 291 g/mol. The predicted molar refractivity (Wildman–Crippen MR) is 76.4 cm³/mol. The summed E-state index contributed by atoms with van der Waals surface area (Å²) >= 11 is 0. The number of aliphatic hydroxyl groups excluding tert-OH is 1. The molecule has 2 aromatic rings. The van der Waals surface area contributed by atoms with Gasteiger partial charge in [0.2, 0.25) is 5.75 Å². The lowest BCUT2D eigenvalue weighted by molar-refractivity contribution is -0.385. The molecule has 7 nitrogen and oxygen atoms in total. The van der Waals surface area contributed by atoms with E-state index < -0.39 is 11.0 Å². The quantitative estimate of drug-likeness (QED) is 0.674. The number of aromatic nitrogens is 2. The van der Waals surface area contributed by atoms with Crippen LogP contribution in [0.3, 0.4) is 0 Å². The Kier molecular flexibility index (Phi) is 4.23. The molecule has 1 N–H and O–H groups in total. The fourth-order valence-electron chi connectivity index (χ4n) is 1.81. The minimum absolute atomic E-state index is 0.118. The van der Waals surface area contributed by atoms with Gasteiger partial charge in [0.1, 0.15) is 0 Å². The van der Waals surface area contributed by atoms with Crippen LogP contribution >= 0.6 is 0 Å². The first-order chi connectivity index (χ1) is 9.88. The van der Waals surface area contributed by atoms with Crippen molar-refractivity contribution in [3.8, 4) is 11.5 Å². The van der Waals surface area contributed by atoms with Gasteiger partial charge in [-0.25, -0.2) is 0 Å². The molecule has 7 heteroatoms. The molecule has 1 atom stereocenters. The Morgan fingerprint density at radius 3 is 2.62 bits per heavy atom. The summed E-state index contributed by atoms with van der Waals surface area (Å²) in [6.07, 6.45) is 2.41. The van der Waals surface area contributed by atoms with Crippen LogP contribution in [0.4, 0.5) is 5.69 Å². The number of rotatable bonds is 5. The van der Waals surface area contributed by atoms with E-state index in [2.05, 4.69) is 5.10 Å². The van der Waals surface area contributed by atoms with Crippen LogP contribution in [-0.4, -0.2) is 19.8 Å². The Balaban J connectivity index is 2.32. The minimum Gasteiger partial charge on any atom is -0.447 e. The summed E-state index contributed by atoms with van der Waals surface area (Å²) in [6.45, 7) is 5.49. The molecule has 0 spiro atoms. The highest BCUT2D eigenvalue weighted by Gasteiger charge is 2.19. The van der Waals surface area contributed by atoms with Gasteiger partial charge in [-0.1, -0.05) is 6.07 Å². The molecular formula is C14H17N3O4. The van der Waals surface area contributed by atoms with E-state index in [0.717, 1.165) is 0 Å². The number of hydrogen-bond donors (Lipinski definition) is 1. The summed E-state index contributed by atoms with van der Waals surface area (Å²) in [6, 6.07) is 4.56. The zero-order chi connectivity index (χ0) is 15.6. The summed E-state index contributed by atoms with van der Waals surface area (Å²) in [4.78, 5) is 10.6. The van der Waals surface area contributed by atoms with Crippen molar-refractivity contribution in [1.29, 1.82) is 0 Å². The van der Waals surface area contributed by atoms with Crippen LogP contribution in [0.5, 0.6) is 11.5 Å². The van der Waals surface area contributed by atoms with Crippen molar-refractivity contribution >= 4 is 5.69 Å². The second-order valence-electron chi connectivity index (χ2n) is 5.01. The third-order valence-corrected chi connectivity index (χ3v) is 3.00. The zero-order valence-electron chi connectivity index (χ0n) is 12.1.